The molecular formula is C19H21N3O4S. The molecule has 0 aliphatic heterocycles. The second-order valence-corrected chi connectivity index (χ2v) is 6.93. The monoisotopic (exact) mass is 387 g/mol. The van der Waals surface area contributed by atoms with Gasteiger partial charge in [-0.25, -0.2) is 4.98 Å². The van der Waals surface area contributed by atoms with E-state index in [2.05, 4.69) is 10.1 Å². The van der Waals surface area contributed by atoms with Crippen LogP contribution in [0.2, 0.25) is 0 Å². The molecule has 0 saturated heterocycles. The molecular weight excluding hydrogens is 366 g/mol. The van der Waals surface area contributed by atoms with Crippen LogP contribution in [0.4, 0.5) is 0 Å². The van der Waals surface area contributed by atoms with Crippen molar-refractivity contribution in [1.29, 1.82) is 0 Å². The number of benzene rings is 1. The van der Waals surface area contributed by atoms with Gasteiger partial charge in [-0.2, -0.15) is 9.61 Å². The minimum atomic E-state index is -0.336. The highest BCUT2D eigenvalue weighted by atomic mass is 32.1. The van der Waals surface area contributed by atoms with Crippen molar-refractivity contribution >= 4 is 22.3 Å². The molecule has 1 unspecified atom stereocenters. The molecule has 0 bridgehead atoms. The van der Waals surface area contributed by atoms with Crippen LogP contribution in [0.3, 0.4) is 0 Å². The van der Waals surface area contributed by atoms with Gasteiger partial charge in [-0.15, -0.1) is 0 Å². The number of esters is 1. The predicted octanol–water partition coefficient (Wildman–Crippen LogP) is 2.92. The van der Waals surface area contributed by atoms with Crippen molar-refractivity contribution < 1.29 is 14.3 Å². The maximum absolute atomic E-state index is 12.5. The van der Waals surface area contributed by atoms with Crippen LogP contribution in [-0.2, 0) is 27.5 Å². The van der Waals surface area contributed by atoms with E-state index >= 15 is 0 Å². The second kappa shape index (κ2) is 8.88. The van der Waals surface area contributed by atoms with Crippen LogP contribution in [-0.4, -0.2) is 27.2 Å². The molecule has 1 aromatic carbocycles. The van der Waals surface area contributed by atoms with Gasteiger partial charge in [0.05, 0.1) is 11.6 Å². The molecule has 0 amide bonds. The molecule has 0 N–H and O–H groups in total. The lowest BCUT2D eigenvalue weighted by Gasteiger charge is -2.14. The number of hydrogen-bond donors (Lipinski definition) is 0. The summed E-state index contributed by atoms with van der Waals surface area (Å²) in [6.45, 7) is 4.69. The Kier molecular flexibility index (Phi) is 6.31. The Morgan fingerprint density at radius 1 is 1.22 bits per heavy atom. The zero-order valence-electron chi connectivity index (χ0n) is 15.3. The highest BCUT2D eigenvalue weighted by Gasteiger charge is 2.20. The van der Waals surface area contributed by atoms with Crippen molar-refractivity contribution in [3.63, 3.8) is 0 Å². The molecule has 0 saturated carbocycles. The number of nitrogens with zero attached hydrogens (tertiary/aromatic N) is 3. The number of carbonyl (C=O) groups is 1. The summed E-state index contributed by atoms with van der Waals surface area (Å²) in [5.74, 6) is -0.663. The molecule has 0 aliphatic carbocycles. The molecule has 2 heterocycles. The van der Waals surface area contributed by atoms with E-state index in [9.17, 15) is 9.59 Å². The molecule has 3 rings (SSSR count). The fourth-order valence-corrected chi connectivity index (χ4v) is 3.54. The summed E-state index contributed by atoms with van der Waals surface area (Å²) in [4.78, 5) is 29.5. The van der Waals surface area contributed by atoms with E-state index in [0.29, 0.717) is 35.3 Å². The first-order valence-corrected chi connectivity index (χ1v) is 9.62. The van der Waals surface area contributed by atoms with Gasteiger partial charge >= 0.3 is 5.97 Å². The van der Waals surface area contributed by atoms with Gasteiger partial charge < -0.3 is 9.47 Å². The lowest BCUT2D eigenvalue weighted by atomic mass is 9.97. The van der Waals surface area contributed by atoms with Crippen LogP contribution < -0.4 is 5.56 Å². The molecule has 8 heteroatoms. The average molecular weight is 387 g/mol. The van der Waals surface area contributed by atoms with E-state index in [0.717, 1.165) is 5.56 Å². The van der Waals surface area contributed by atoms with Crippen LogP contribution in [0.1, 0.15) is 42.5 Å². The molecule has 27 heavy (non-hydrogen) atoms. The van der Waals surface area contributed by atoms with Crippen molar-refractivity contribution in [3.05, 3.63) is 63.0 Å². The lowest BCUT2D eigenvalue weighted by molar-refractivity contribution is -0.147. The number of aromatic nitrogens is 3. The van der Waals surface area contributed by atoms with E-state index < -0.39 is 0 Å². The Labute approximate surface area is 160 Å². The zero-order chi connectivity index (χ0) is 19.2. The van der Waals surface area contributed by atoms with Gasteiger partial charge in [0, 0.05) is 12.7 Å². The summed E-state index contributed by atoms with van der Waals surface area (Å²) in [5, 5.41) is 4.87. The van der Waals surface area contributed by atoms with Crippen LogP contribution >= 0.6 is 11.3 Å². The van der Waals surface area contributed by atoms with Crippen molar-refractivity contribution in [1.82, 2.24) is 14.6 Å². The third-order valence-electron chi connectivity index (χ3n) is 4.03. The van der Waals surface area contributed by atoms with E-state index in [1.54, 1.807) is 0 Å². The van der Waals surface area contributed by atoms with Crippen LogP contribution in [0.15, 0.2) is 41.2 Å². The number of fused-ring (bicyclic) bond motifs is 1. The Balaban J connectivity index is 1.72. The summed E-state index contributed by atoms with van der Waals surface area (Å²) in [5.41, 5.74) is 1.01. The van der Waals surface area contributed by atoms with Crippen molar-refractivity contribution in [2.75, 3.05) is 6.61 Å². The number of rotatable bonds is 8. The lowest BCUT2D eigenvalue weighted by Crippen LogP contribution is -2.19. The summed E-state index contributed by atoms with van der Waals surface area (Å²) >= 11 is 1.28. The Morgan fingerprint density at radius 3 is 2.70 bits per heavy atom. The normalized spacial score (nSPS) is 12.2. The highest BCUT2D eigenvalue weighted by Crippen LogP contribution is 2.21. The largest absolute Gasteiger partial charge is 0.459 e. The van der Waals surface area contributed by atoms with Gasteiger partial charge in [0.25, 0.3) is 5.56 Å². The smallest absolute Gasteiger partial charge is 0.313 e. The minimum absolute atomic E-state index is 0.0490. The molecule has 0 spiro atoms. The van der Waals surface area contributed by atoms with Gasteiger partial charge in [-0.1, -0.05) is 48.6 Å². The van der Waals surface area contributed by atoms with Gasteiger partial charge in [0.2, 0.25) is 4.96 Å². The first-order chi connectivity index (χ1) is 13.1. The molecule has 2 aromatic heterocycles. The van der Waals surface area contributed by atoms with Crippen LogP contribution in [0, 0.1) is 0 Å². The minimum Gasteiger partial charge on any atom is -0.459 e. The van der Waals surface area contributed by atoms with Crippen molar-refractivity contribution in [2.24, 2.45) is 0 Å². The molecule has 0 fully saturated rings. The first kappa shape index (κ1) is 19.2. The van der Waals surface area contributed by atoms with Gasteiger partial charge in [0.1, 0.15) is 18.2 Å². The molecule has 0 radical (unpaired) electrons. The summed E-state index contributed by atoms with van der Waals surface area (Å²) < 4.78 is 12.0. The summed E-state index contributed by atoms with van der Waals surface area (Å²) in [6.07, 6.45) is 0.633. The molecule has 142 valence electrons. The quantitative estimate of drug-likeness (QED) is 0.553. The second-order valence-electron chi connectivity index (χ2n) is 5.89. The third kappa shape index (κ3) is 4.58. The van der Waals surface area contributed by atoms with E-state index in [4.69, 9.17) is 9.47 Å². The average Bonchev–Trinajstić information content (AvgIpc) is 3.10. The van der Waals surface area contributed by atoms with Crippen LogP contribution in [0.25, 0.3) is 4.96 Å². The highest BCUT2D eigenvalue weighted by molar-refractivity contribution is 7.16. The topological polar surface area (TPSA) is 82.8 Å². The maximum Gasteiger partial charge on any atom is 0.313 e. The first-order valence-electron chi connectivity index (χ1n) is 8.80. The van der Waals surface area contributed by atoms with Crippen molar-refractivity contribution in [2.45, 2.75) is 39.4 Å². The predicted molar refractivity (Wildman–Crippen MR) is 102 cm³/mol. The van der Waals surface area contributed by atoms with E-state index in [-0.39, 0.29) is 24.1 Å². The number of hydrogen-bond acceptors (Lipinski definition) is 7. The standard InChI is InChI=1S/C19H21N3O4S/c1-3-15(13-8-6-5-7-9-13)18(24)26-11-14-10-17(23)22-19(20-14)27-16(21-22)12-25-4-2/h5-10,15H,3-4,11-12H2,1-2H3. The summed E-state index contributed by atoms with van der Waals surface area (Å²) in [6, 6.07) is 10.8. The summed E-state index contributed by atoms with van der Waals surface area (Å²) in [7, 11) is 0. The fourth-order valence-electron chi connectivity index (χ4n) is 2.69. The van der Waals surface area contributed by atoms with E-state index in [1.165, 1.54) is 21.9 Å². The molecule has 0 aliphatic rings. The molecule has 3 aromatic rings. The third-order valence-corrected chi connectivity index (χ3v) is 4.91. The Morgan fingerprint density at radius 2 is 2.00 bits per heavy atom. The van der Waals surface area contributed by atoms with Gasteiger partial charge in [0.15, 0.2) is 0 Å². The van der Waals surface area contributed by atoms with Crippen molar-refractivity contribution in [3.8, 4) is 0 Å². The fraction of sp³-hybridized carbons (Fsp3) is 0.368. The molecule has 7 nitrogen and oxygen atoms in total. The zero-order valence-corrected chi connectivity index (χ0v) is 16.1. The van der Waals surface area contributed by atoms with Gasteiger partial charge in [-0.05, 0) is 18.9 Å². The van der Waals surface area contributed by atoms with E-state index in [1.807, 2.05) is 44.2 Å². The van der Waals surface area contributed by atoms with Gasteiger partial charge in [-0.3, -0.25) is 9.59 Å². The number of carbonyl (C=O) groups excluding carboxylic acids is 1. The molecule has 1 atom stereocenters. The number of ether oxygens (including phenoxy) is 2. The SMILES string of the molecule is CCOCc1nn2c(=O)cc(COC(=O)C(CC)c3ccccc3)nc2s1. The Hall–Kier alpha value is -2.58. The maximum atomic E-state index is 12.5. The Bertz CT molecular complexity index is 968. The van der Waals surface area contributed by atoms with Crippen LogP contribution in [0.5, 0.6) is 0 Å².